The van der Waals surface area contributed by atoms with Crippen molar-refractivity contribution in [3.8, 4) is 0 Å². The largest absolute Gasteiger partial charge is 0.326 e. The van der Waals surface area contributed by atoms with Crippen molar-refractivity contribution in [3.63, 3.8) is 0 Å². The molecule has 8 heteroatoms. The van der Waals surface area contributed by atoms with Crippen molar-refractivity contribution >= 4 is 49.1 Å². The summed E-state index contributed by atoms with van der Waals surface area (Å²) in [6.45, 7) is 4.98. The molecule has 0 amide bonds. The summed E-state index contributed by atoms with van der Waals surface area (Å²) < 4.78 is 27.7. The van der Waals surface area contributed by atoms with E-state index in [-0.39, 0.29) is 6.04 Å². The van der Waals surface area contributed by atoms with Crippen molar-refractivity contribution in [1.29, 1.82) is 0 Å². The zero-order valence-corrected chi connectivity index (χ0v) is 14.8. The van der Waals surface area contributed by atoms with E-state index in [2.05, 4.69) is 22.9 Å². The molecule has 1 fully saturated rings. The lowest BCUT2D eigenvalue weighted by Crippen LogP contribution is -2.47. The van der Waals surface area contributed by atoms with Crippen molar-refractivity contribution in [1.82, 2.24) is 4.31 Å². The monoisotopic (exact) mass is 384 g/mol. The van der Waals surface area contributed by atoms with Gasteiger partial charge in [0, 0.05) is 35.0 Å². The molecule has 2 unspecified atom stereocenters. The van der Waals surface area contributed by atoms with Gasteiger partial charge in [-0.1, -0.05) is 6.92 Å². The molecule has 1 aliphatic heterocycles. The topological polar surface area (TPSA) is 63.4 Å². The van der Waals surface area contributed by atoms with E-state index < -0.39 is 10.0 Å². The van der Waals surface area contributed by atoms with Gasteiger partial charge in [0.25, 0.3) is 0 Å². The molecule has 0 spiro atoms. The van der Waals surface area contributed by atoms with Crippen molar-refractivity contribution in [2.45, 2.75) is 36.6 Å². The molecule has 1 aromatic heterocycles. The van der Waals surface area contributed by atoms with Crippen LogP contribution >= 0.6 is 39.0 Å². The third-order valence-electron chi connectivity index (χ3n) is 3.32. The second-order valence-corrected chi connectivity index (χ2v) is 10.3. The van der Waals surface area contributed by atoms with Gasteiger partial charge >= 0.3 is 0 Å². The highest BCUT2D eigenvalue weighted by atomic mass is 79.9. The highest BCUT2D eigenvalue weighted by Gasteiger charge is 2.36. The summed E-state index contributed by atoms with van der Waals surface area (Å²) in [5.74, 6) is 0.843. The van der Waals surface area contributed by atoms with E-state index in [4.69, 9.17) is 5.73 Å². The fourth-order valence-electron chi connectivity index (χ4n) is 2.05. The van der Waals surface area contributed by atoms with Gasteiger partial charge < -0.3 is 5.73 Å². The summed E-state index contributed by atoms with van der Waals surface area (Å²) in [6.07, 6.45) is 0. The van der Waals surface area contributed by atoms with E-state index in [1.807, 2.05) is 18.7 Å². The van der Waals surface area contributed by atoms with Crippen molar-refractivity contribution in [2.75, 3.05) is 12.3 Å². The number of thioether (sulfide) groups is 1. The van der Waals surface area contributed by atoms with Crippen LogP contribution in [0.4, 0.5) is 0 Å². The van der Waals surface area contributed by atoms with Crippen molar-refractivity contribution in [2.24, 2.45) is 5.73 Å². The maximum atomic E-state index is 12.7. The lowest BCUT2D eigenvalue weighted by Gasteiger charge is -2.36. The predicted molar refractivity (Wildman–Crippen MR) is 85.2 cm³/mol. The molecule has 0 saturated carbocycles. The summed E-state index contributed by atoms with van der Waals surface area (Å²) in [5.41, 5.74) is 5.58. The van der Waals surface area contributed by atoms with Crippen LogP contribution in [0.25, 0.3) is 0 Å². The maximum absolute atomic E-state index is 12.7. The van der Waals surface area contributed by atoms with E-state index in [0.717, 1.165) is 10.6 Å². The quantitative estimate of drug-likeness (QED) is 0.869. The summed E-state index contributed by atoms with van der Waals surface area (Å²) in [6, 6.07) is 1.69. The van der Waals surface area contributed by atoms with Gasteiger partial charge in [-0.15, -0.1) is 11.3 Å². The molecule has 2 rings (SSSR count). The standard InChI is InChI=1S/C11H17BrN2O2S3/c1-7-8(2)17-4-3-14(7)19(15,16)10-5-9(6-13)18-11(10)12/h5,7-8H,3-4,6,13H2,1-2H3. The Morgan fingerprint density at radius 2 is 2.21 bits per heavy atom. The number of hydrogen-bond donors (Lipinski definition) is 1. The molecule has 4 nitrogen and oxygen atoms in total. The highest BCUT2D eigenvalue weighted by molar-refractivity contribution is 9.11. The molecular formula is C11H17BrN2O2S3. The van der Waals surface area contributed by atoms with Gasteiger partial charge in [-0.05, 0) is 28.9 Å². The Labute approximate surface area is 130 Å². The molecule has 1 aliphatic rings. The van der Waals surface area contributed by atoms with Gasteiger partial charge in [-0.2, -0.15) is 16.1 Å². The molecule has 1 aromatic rings. The van der Waals surface area contributed by atoms with E-state index >= 15 is 0 Å². The third-order valence-corrected chi connectivity index (χ3v) is 8.92. The SMILES string of the molecule is CC1SCCN(S(=O)(=O)c2cc(CN)sc2Br)C1C. The van der Waals surface area contributed by atoms with Gasteiger partial charge in [-0.25, -0.2) is 8.42 Å². The number of thiophene rings is 1. The zero-order chi connectivity index (χ0) is 14.2. The van der Waals surface area contributed by atoms with Crippen LogP contribution in [0.3, 0.4) is 0 Å². The lowest BCUT2D eigenvalue weighted by atomic mass is 10.2. The Morgan fingerprint density at radius 1 is 1.53 bits per heavy atom. The molecule has 0 aromatic carbocycles. The molecule has 108 valence electrons. The summed E-state index contributed by atoms with van der Waals surface area (Å²) in [7, 11) is -3.44. The van der Waals surface area contributed by atoms with E-state index in [1.54, 1.807) is 10.4 Å². The van der Waals surface area contributed by atoms with Crippen LogP contribution in [0, 0.1) is 0 Å². The summed E-state index contributed by atoms with van der Waals surface area (Å²) in [5, 5.41) is 0.315. The Bertz CT molecular complexity index is 558. The first-order valence-electron chi connectivity index (χ1n) is 5.99. The first kappa shape index (κ1) is 15.8. The Morgan fingerprint density at radius 3 is 2.79 bits per heavy atom. The number of sulfonamides is 1. The van der Waals surface area contributed by atoms with Gasteiger partial charge in [0.2, 0.25) is 10.0 Å². The first-order valence-corrected chi connectivity index (χ1v) is 10.1. The maximum Gasteiger partial charge on any atom is 0.245 e. The van der Waals surface area contributed by atoms with Gasteiger partial charge in [0.1, 0.15) is 4.90 Å². The summed E-state index contributed by atoms with van der Waals surface area (Å²) in [4.78, 5) is 1.22. The molecule has 0 radical (unpaired) electrons. The molecule has 0 bridgehead atoms. The lowest BCUT2D eigenvalue weighted by molar-refractivity contribution is 0.340. The van der Waals surface area contributed by atoms with E-state index in [1.165, 1.54) is 11.3 Å². The van der Waals surface area contributed by atoms with Gasteiger partial charge in [-0.3, -0.25) is 0 Å². The fraction of sp³-hybridized carbons (Fsp3) is 0.636. The normalized spacial score (nSPS) is 25.7. The molecule has 2 heterocycles. The molecule has 2 N–H and O–H groups in total. The van der Waals surface area contributed by atoms with Gasteiger partial charge in [0.05, 0.1) is 3.79 Å². The minimum Gasteiger partial charge on any atom is -0.326 e. The number of halogens is 1. The Kier molecular flexibility index (Phi) is 5.01. The second kappa shape index (κ2) is 6.03. The molecule has 1 saturated heterocycles. The fourth-order valence-corrected chi connectivity index (χ4v) is 7.55. The van der Waals surface area contributed by atoms with E-state index in [9.17, 15) is 8.42 Å². The first-order chi connectivity index (χ1) is 8.87. The summed E-state index contributed by atoms with van der Waals surface area (Å²) >= 11 is 6.56. The molecule has 19 heavy (non-hydrogen) atoms. The average molecular weight is 385 g/mol. The van der Waals surface area contributed by atoms with Crippen molar-refractivity contribution < 1.29 is 8.42 Å². The van der Waals surface area contributed by atoms with Crippen LogP contribution in [0.5, 0.6) is 0 Å². The van der Waals surface area contributed by atoms with Gasteiger partial charge in [0.15, 0.2) is 0 Å². The van der Waals surface area contributed by atoms with Crippen LogP contribution < -0.4 is 5.73 Å². The number of nitrogens with zero attached hydrogens (tertiary/aromatic N) is 1. The zero-order valence-electron chi connectivity index (χ0n) is 10.8. The smallest absolute Gasteiger partial charge is 0.245 e. The Balaban J connectivity index is 2.38. The molecule has 0 aliphatic carbocycles. The minimum atomic E-state index is -3.44. The predicted octanol–water partition coefficient (Wildman–Crippen LogP) is 2.48. The number of hydrogen-bond acceptors (Lipinski definition) is 5. The minimum absolute atomic E-state index is 0.0110. The third kappa shape index (κ3) is 3.03. The van der Waals surface area contributed by atoms with E-state index in [0.29, 0.717) is 27.0 Å². The van der Waals surface area contributed by atoms with Crippen LogP contribution in [0.2, 0.25) is 0 Å². The highest BCUT2D eigenvalue weighted by Crippen LogP contribution is 2.36. The molecule has 2 atom stereocenters. The van der Waals surface area contributed by atoms with Crippen molar-refractivity contribution in [3.05, 3.63) is 14.7 Å². The van der Waals surface area contributed by atoms with Crippen LogP contribution in [0.15, 0.2) is 14.7 Å². The number of rotatable bonds is 3. The molecular weight excluding hydrogens is 368 g/mol. The van der Waals surface area contributed by atoms with Crippen LogP contribution in [-0.2, 0) is 16.6 Å². The van der Waals surface area contributed by atoms with Crippen LogP contribution in [0.1, 0.15) is 18.7 Å². The van der Waals surface area contributed by atoms with Crippen LogP contribution in [-0.4, -0.2) is 36.3 Å². The second-order valence-electron chi connectivity index (χ2n) is 4.49. The number of nitrogens with two attached hydrogens (primary N) is 1. The Hall–Kier alpha value is 0.400. The average Bonchev–Trinajstić information content (AvgIpc) is 2.74.